The number of aromatic hydroxyl groups is 1. The molecular weight excluding hydrogens is 504 g/mol. The summed E-state index contributed by atoms with van der Waals surface area (Å²) in [4.78, 5) is 32.9. The summed E-state index contributed by atoms with van der Waals surface area (Å²) < 4.78 is 11.9. The second-order valence-electron chi connectivity index (χ2n) is 8.75. The molecule has 38 heavy (non-hydrogen) atoms. The highest BCUT2D eigenvalue weighted by molar-refractivity contribution is 7.22. The Kier molecular flexibility index (Phi) is 6.77. The minimum atomic E-state index is -0.997. The maximum Gasteiger partial charge on any atom is 0.301 e. The average Bonchev–Trinajstić information content (AvgIpc) is 3.43. The lowest BCUT2D eigenvalue weighted by atomic mass is 9.95. The van der Waals surface area contributed by atoms with Crippen molar-refractivity contribution in [3.63, 3.8) is 0 Å². The molecule has 194 valence electrons. The third-order valence-corrected chi connectivity index (χ3v) is 7.25. The van der Waals surface area contributed by atoms with Crippen molar-refractivity contribution in [3.8, 4) is 17.2 Å². The first kappa shape index (κ1) is 25.3. The van der Waals surface area contributed by atoms with E-state index in [9.17, 15) is 19.8 Å². The number of carbonyl (C=O) groups is 2. The number of fused-ring (bicyclic) bond motifs is 1. The van der Waals surface area contributed by atoms with E-state index >= 15 is 0 Å². The molecule has 1 amide bonds. The van der Waals surface area contributed by atoms with Crippen molar-refractivity contribution in [2.75, 3.05) is 18.1 Å². The first-order chi connectivity index (χ1) is 18.3. The number of Topliss-reactive ketones (excluding diaryl/α,β-unsaturated/α-hetero) is 1. The fourth-order valence-electron chi connectivity index (χ4n) is 4.44. The Morgan fingerprint density at radius 3 is 2.45 bits per heavy atom. The van der Waals surface area contributed by atoms with Gasteiger partial charge in [0, 0.05) is 5.56 Å². The molecule has 8 nitrogen and oxygen atoms in total. The Balaban J connectivity index is 1.71. The molecule has 1 aliphatic rings. The molecule has 1 fully saturated rings. The van der Waals surface area contributed by atoms with Gasteiger partial charge in [0.25, 0.3) is 5.78 Å². The minimum Gasteiger partial charge on any atom is -0.507 e. The molecule has 2 N–H and O–H groups in total. The van der Waals surface area contributed by atoms with Crippen LogP contribution in [0.25, 0.3) is 16.0 Å². The number of ketones is 1. The number of carbonyl (C=O) groups excluding carboxylic acids is 2. The predicted molar refractivity (Wildman–Crippen MR) is 146 cm³/mol. The number of benzene rings is 3. The van der Waals surface area contributed by atoms with Gasteiger partial charge in [-0.15, -0.1) is 0 Å². The van der Waals surface area contributed by atoms with Gasteiger partial charge in [-0.2, -0.15) is 0 Å². The number of phenols is 1. The number of ether oxygens (including phenoxy) is 2. The van der Waals surface area contributed by atoms with E-state index in [-0.39, 0.29) is 22.8 Å². The smallest absolute Gasteiger partial charge is 0.301 e. The maximum atomic E-state index is 13.5. The highest BCUT2D eigenvalue weighted by atomic mass is 32.1. The van der Waals surface area contributed by atoms with Crippen molar-refractivity contribution >= 4 is 44.1 Å². The van der Waals surface area contributed by atoms with Crippen LogP contribution in [-0.2, 0) is 9.59 Å². The number of amides is 1. The molecule has 0 saturated carbocycles. The Labute approximate surface area is 223 Å². The zero-order valence-electron chi connectivity index (χ0n) is 21.1. The molecule has 3 aromatic carbocycles. The second-order valence-corrected chi connectivity index (χ2v) is 9.76. The number of nitrogens with zero attached hydrogens (tertiary/aromatic N) is 2. The normalized spacial score (nSPS) is 16.8. The van der Waals surface area contributed by atoms with E-state index < -0.39 is 17.7 Å². The van der Waals surface area contributed by atoms with E-state index in [0.29, 0.717) is 40.7 Å². The van der Waals surface area contributed by atoms with Gasteiger partial charge in [-0.25, -0.2) is 4.98 Å². The van der Waals surface area contributed by atoms with Gasteiger partial charge in [-0.3, -0.25) is 14.5 Å². The van der Waals surface area contributed by atoms with Gasteiger partial charge in [0.1, 0.15) is 11.5 Å². The Hall–Kier alpha value is -4.37. The van der Waals surface area contributed by atoms with Crippen LogP contribution in [0.5, 0.6) is 17.2 Å². The van der Waals surface area contributed by atoms with Crippen LogP contribution in [0.15, 0.2) is 66.2 Å². The number of aliphatic hydroxyl groups is 1. The van der Waals surface area contributed by atoms with Crippen LogP contribution in [0.3, 0.4) is 0 Å². The van der Waals surface area contributed by atoms with Crippen molar-refractivity contribution in [2.45, 2.75) is 26.8 Å². The van der Waals surface area contributed by atoms with Crippen molar-refractivity contribution in [1.82, 2.24) is 4.98 Å². The summed E-state index contributed by atoms with van der Waals surface area (Å²) in [6.45, 7) is 6.41. The van der Waals surface area contributed by atoms with Crippen LogP contribution < -0.4 is 14.4 Å². The first-order valence-corrected chi connectivity index (χ1v) is 13.0. The van der Waals surface area contributed by atoms with Gasteiger partial charge in [-0.1, -0.05) is 47.2 Å². The number of thiazole rings is 1. The fraction of sp³-hybridized carbons (Fsp3) is 0.207. The molecule has 0 spiro atoms. The molecule has 0 aliphatic carbocycles. The summed E-state index contributed by atoms with van der Waals surface area (Å²) in [5, 5.41) is 21.9. The molecule has 2 heterocycles. The third kappa shape index (κ3) is 4.45. The summed E-state index contributed by atoms with van der Waals surface area (Å²) in [5.74, 6) is -1.12. The van der Waals surface area contributed by atoms with Gasteiger partial charge >= 0.3 is 5.91 Å². The summed E-state index contributed by atoms with van der Waals surface area (Å²) in [6, 6.07) is 16.1. The Bertz CT molecular complexity index is 1570. The van der Waals surface area contributed by atoms with E-state index in [1.807, 2.05) is 32.0 Å². The van der Waals surface area contributed by atoms with Gasteiger partial charge in [0.05, 0.1) is 35.0 Å². The number of aryl methyl sites for hydroxylation is 1. The topological polar surface area (TPSA) is 109 Å². The van der Waals surface area contributed by atoms with Gasteiger partial charge in [-0.05, 0) is 56.7 Å². The monoisotopic (exact) mass is 530 g/mol. The SMILES string of the molecule is CCOc1ccc2nc(N3C(=O)C(=O)/C(=C(/O)c4ccc(C)cc4)C3c3ccc(O)c(OCC)c3)sc2c1. The molecule has 9 heteroatoms. The minimum absolute atomic E-state index is 0.0683. The van der Waals surface area contributed by atoms with Crippen molar-refractivity contribution in [3.05, 3.63) is 82.9 Å². The number of rotatable bonds is 7. The molecule has 1 saturated heterocycles. The third-order valence-electron chi connectivity index (χ3n) is 6.23. The number of anilines is 1. The van der Waals surface area contributed by atoms with Gasteiger partial charge in [0.2, 0.25) is 0 Å². The molecule has 1 aliphatic heterocycles. The second kappa shape index (κ2) is 10.2. The number of aromatic nitrogens is 1. The largest absolute Gasteiger partial charge is 0.507 e. The van der Waals surface area contributed by atoms with E-state index in [1.54, 1.807) is 43.3 Å². The first-order valence-electron chi connectivity index (χ1n) is 12.2. The molecule has 1 unspecified atom stereocenters. The predicted octanol–water partition coefficient (Wildman–Crippen LogP) is 5.73. The zero-order chi connectivity index (χ0) is 27.0. The molecule has 4 aromatic rings. The quantitative estimate of drug-likeness (QED) is 0.178. The van der Waals surface area contributed by atoms with E-state index in [2.05, 4.69) is 4.98 Å². The zero-order valence-corrected chi connectivity index (χ0v) is 21.9. The molecule has 0 radical (unpaired) electrons. The lowest BCUT2D eigenvalue weighted by Gasteiger charge is -2.23. The summed E-state index contributed by atoms with van der Waals surface area (Å²) >= 11 is 1.24. The standard InChI is InChI=1S/C29H26N2O6S/c1-4-36-19-11-12-20-23(15-19)38-29(30-20)31-25(18-10-13-21(32)22(14-18)37-5-2)24(27(34)28(31)35)26(33)17-8-6-16(3)7-9-17/h6-15,25,32-33H,4-5H2,1-3H3/b26-24+. The summed E-state index contributed by atoms with van der Waals surface area (Å²) in [5.41, 5.74) is 2.45. The number of phenolic OH excluding ortho intramolecular Hbond substituents is 1. The summed E-state index contributed by atoms with van der Waals surface area (Å²) in [6.07, 6.45) is 0. The van der Waals surface area contributed by atoms with Crippen LogP contribution in [-0.4, -0.2) is 40.1 Å². The van der Waals surface area contributed by atoms with Crippen LogP contribution in [0, 0.1) is 6.92 Å². The van der Waals surface area contributed by atoms with Crippen LogP contribution in [0.4, 0.5) is 5.13 Å². The van der Waals surface area contributed by atoms with Crippen LogP contribution in [0.1, 0.15) is 36.6 Å². The lowest BCUT2D eigenvalue weighted by Crippen LogP contribution is -2.29. The molecule has 1 atom stereocenters. The molecule has 1 aromatic heterocycles. The van der Waals surface area contributed by atoms with Crippen LogP contribution >= 0.6 is 11.3 Å². The van der Waals surface area contributed by atoms with Gasteiger partial charge < -0.3 is 19.7 Å². The van der Waals surface area contributed by atoms with E-state index in [1.165, 1.54) is 22.3 Å². The fourth-order valence-corrected chi connectivity index (χ4v) is 5.46. The average molecular weight is 531 g/mol. The summed E-state index contributed by atoms with van der Waals surface area (Å²) in [7, 11) is 0. The Morgan fingerprint density at radius 1 is 1.00 bits per heavy atom. The van der Waals surface area contributed by atoms with Crippen molar-refractivity contribution in [1.29, 1.82) is 0 Å². The van der Waals surface area contributed by atoms with Gasteiger partial charge in [0.15, 0.2) is 16.6 Å². The lowest BCUT2D eigenvalue weighted by molar-refractivity contribution is -0.132. The maximum absolute atomic E-state index is 13.5. The highest BCUT2D eigenvalue weighted by Crippen LogP contribution is 2.46. The number of aliphatic hydroxyl groups excluding tert-OH is 1. The van der Waals surface area contributed by atoms with E-state index in [0.717, 1.165) is 10.3 Å². The Morgan fingerprint density at radius 2 is 1.74 bits per heavy atom. The van der Waals surface area contributed by atoms with E-state index in [4.69, 9.17) is 9.47 Å². The number of hydrogen-bond acceptors (Lipinski definition) is 8. The van der Waals surface area contributed by atoms with Crippen molar-refractivity contribution < 1.29 is 29.3 Å². The van der Waals surface area contributed by atoms with Crippen molar-refractivity contribution in [2.24, 2.45) is 0 Å². The number of hydrogen-bond donors (Lipinski definition) is 2. The highest BCUT2D eigenvalue weighted by Gasteiger charge is 2.48. The molecular formula is C29H26N2O6S. The van der Waals surface area contributed by atoms with Crippen LogP contribution in [0.2, 0.25) is 0 Å². The molecule has 5 rings (SSSR count). The molecule has 0 bridgehead atoms.